The van der Waals surface area contributed by atoms with Crippen LogP contribution in [-0.4, -0.2) is 70.2 Å². The molecule has 0 aromatic heterocycles. The molecule has 0 aliphatic carbocycles. The highest BCUT2D eigenvalue weighted by Gasteiger charge is 2.55. The lowest BCUT2D eigenvalue weighted by Gasteiger charge is -2.43. The predicted molar refractivity (Wildman–Crippen MR) is 111 cm³/mol. The van der Waals surface area contributed by atoms with Gasteiger partial charge in [-0.05, 0) is 31.4 Å². The zero-order chi connectivity index (χ0) is 23.7. The molecule has 2 rings (SSSR count). The van der Waals surface area contributed by atoms with Crippen LogP contribution in [0.2, 0.25) is 0 Å². The third-order valence-corrected chi connectivity index (χ3v) is 5.17. The van der Waals surface area contributed by atoms with E-state index in [4.69, 9.17) is 16.4 Å². The van der Waals surface area contributed by atoms with Crippen LogP contribution in [0.3, 0.4) is 0 Å². The number of terminal acetylenes is 1. The number of aliphatic hydroxyl groups excluding tert-OH is 3. The third kappa shape index (κ3) is 6.59. The SMILES string of the molecule is C#CCCCCNC(=O)Nc1ccc(C(F)(F)[C@H]2OC(CCNO)[C@@H](O)C(O)C2O)cc1. The van der Waals surface area contributed by atoms with Gasteiger partial charge in [0.1, 0.15) is 18.3 Å². The Morgan fingerprint density at radius 1 is 1.09 bits per heavy atom. The van der Waals surface area contributed by atoms with Crippen LogP contribution in [0.25, 0.3) is 0 Å². The summed E-state index contributed by atoms with van der Waals surface area (Å²) in [6.45, 7) is 0.344. The van der Waals surface area contributed by atoms with E-state index < -0.39 is 48.0 Å². The molecule has 0 bridgehead atoms. The van der Waals surface area contributed by atoms with Gasteiger partial charge in [0.25, 0.3) is 0 Å². The van der Waals surface area contributed by atoms with Gasteiger partial charge in [-0.1, -0.05) is 12.1 Å². The molecule has 1 fully saturated rings. The van der Waals surface area contributed by atoms with Crippen molar-refractivity contribution in [3.63, 3.8) is 0 Å². The normalized spacial score (nSPS) is 25.7. The van der Waals surface area contributed by atoms with Crippen molar-refractivity contribution < 1.29 is 38.8 Å². The highest BCUT2D eigenvalue weighted by molar-refractivity contribution is 5.89. The van der Waals surface area contributed by atoms with Crippen molar-refractivity contribution in [2.24, 2.45) is 0 Å². The molecule has 1 aliphatic heterocycles. The number of ether oxygens (including phenoxy) is 1. The number of nitrogens with one attached hydrogen (secondary N) is 3. The number of carbonyl (C=O) groups excluding carboxylic acids is 1. The Kier molecular flexibility index (Phi) is 9.77. The first kappa shape index (κ1) is 25.9. The largest absolute Gasteiger partial charge is 0.388 e. The zero-order valence-electron chi connectivity index (χ0n) is 17.4. The first-order chi connectivity index (χ1) is 15.2. The average molecular weight is 457 g/mol. The van der Waals surface area contributed by atoms with Crippen LogP contribution in [0.4, 0.5) is 19.3 Å². The van der Waals surface area contributed by atoms with E-state index in [1.807, 2.05) is 5.48 Å². The number of aliphatic hydroxyl groups is 3. The lowest BCUT2D eigenvalue weighted by molar-refractivity contribution is -0.280. The van der Waals surface area contributed by atoms with Crippen molar-refractivity contribution in [2.75, 3.05) is 18.4 Å². The number of amides is 2. The number of anilines is 1. The van der Waals surface area contributed by atoms with Crippen LogP contribution < -0.4 is 16.1 Å². The Morgan fingerprint density at radius 2 is 1.78 bits per heavy atom. The van der Waals surface area contributed by atoms with Crippen LogP contribution in [0.15, 0.2) is 24.3 Å². The highest BCUT2D eigenvalue weighted by Crippen LogP contribution is 2.40. The Balaban J connectivity index is 2.02. The molecule has 5 atom stereocenters. The summed E-state index contributed by atoms with van der Waals surface area (Å²) in [4.78, 5) is 11.9. The number of benzene rings is 1. The topological polar surface area (TPSA) is 143 Å². The average Bonchev–Trinajstić information content (AvgIpc) is 2.77. The van der Waals surface area contributed by atoms with Gasteiger partial charge < -0.3 is 35.9 Å². The van der Waals surface area contributed by atoms with Gasteiger partial charge in [0.15, 0.2) is 6.10 Å². The monoisotopic (exact) mass is 457 g/mol. The molecule has 7 N–H and O–H groups in total. The summed E-state index contributed by atoms with van der Waals surface area (Å²) in [5.74, 6) is -1.22. The van der Waals surface area contributed by atoms with Crippen molar-refractivity contribution in [1.29, 1.82) is 0 Å². The van der Waals surface area contributed by atoms with Gasteiger partial charge in [-0.2, -0.15) is 8.78 Å². The van der Waals surface area contributed by atoms with Gasteiger partial charge in [-0.3, -0.25) is 0 Å². The minimum atomic E-state index is -3.72. The smallest absolute Gasteiger partial charge is 0.319 e. The molecule has 0 spiro atoms. The summed E-state index contributed by atoms with van der Waals surface area (Å²) in [6, 6.07) is 4.19. The Hall–Kier alpha value is -2.33. The standard InChI is InChI=1S/C21H29F2N3O6/c1-2-3-4-5-11-24-20(30)26-14-8-6-13(7-9-14)21(22,23)19-18(29)17(28)16(27)15(32-19)10-12-25-31/h1,6-9,15-19,25,27-29,31H,3-5,10-12H2,(H2,24,26,30)/t15?,16-,17?,18?,19+/m1/s1. The molecule has 11 heteroatoms. The summed E-state index contributed by atoms with van der Waals surface area (Å²) in [5, 5.41) is 43.9. The maximum absolute atomic E-state index is 15.1. The van der Waals surface area contributed by atoms with Crippen LogP contribution in [0.5, 0.6) is 0 Å². The fraction of sp³-hybridized carbons (Fsp3) is 0.571. The van der Waals surface area contributed by atoms with E-state index in [0.717, 1.165) is 18.6 Å². The summed E-state index contributed by atoms with van der Waals surface area (Å²) in [6.07, 6.45) is -1.67. The summed E-state index contributed by atoms with van der Waals surface area (Å²) in [5.41, 5.74) is 1.59. The first-order valence-electron chi connectivity index (χ1n) is 10.3. The molecule has 9 nitrogen and oxygen atoms in total. The molecule has 1 saturated heterocycles. The molecular formula is C21H29F2N3O6. The van der Waals surface area contributed by atoms with Crippen LogP contribution in [0, 0.1) is 12.3 Å². The second kappa shape index (κ2) is 12.1. The predicted octanol–water partition coefficient (Wildman–Crippen LogP) is 0.922. The number of urea groups is 1. The van der Waals surface area contributed by atoms with Gasteiger partial charge in [0.2, 0.25) is 0 Å². The van der Waals surface area contributed by atoms with E-state index in [-0.39, 0.29) is 18.7 Å². The second-order valence-corrected chi connectivity index (χ2v) is 7.51. The summed E-state index contributed by atoms with van der Waals surface area (Å²) < 4.78 is 35.4. The van der Waals surface area contributed by atoms with E-state index >= 15 is 8.78 Å². The van der Waals surface area contributed by atoms with Crippen molar-refractivity contribution in [1.82, 2.24) is 10.8 Å². The fourth-order valence-corrected chi connectivity index (χ4v) is 3.37. The van der Waals surface area contributed by atoms with E-state index in [1.54, 1.807) is 0 Å². The number of hydrogen-bond donors (Lipinski definition) is 7. The maximum Gasteiger partial charge on any atom is 0.319 e. The lowest BCUT2D eigenvalue weighted by Crippen LogP contribution is -2.61. The van der Waals surface area contributed by atoms with E-state index in [9.17, 15) is 20.1 Å². The maximum atomic E-state index is 15.1. The zero-order valence-corrected chi connectivity index (χ0v) is 17.4. The second-order valence-electron chi connectivity index (χ2n) is 7.51. The molecule has 3 unspecified atom stereocenters. The van der Waals surface area contributed by atoms with Crippen molar-refractivity contribution in [3.8, 4) is 12.3 Å². The number of carbonyl (C=O) groups is 1. The van der Waals surface area contributed by atoms with E-state index in [0.29, 0.717) is 19.4 Å². The quantitative estimate of drug-likeness (QED) is 0.157. The van der Waals surface area contributed by atoms with Gasteiger partial charge >= 0.3 is 12.0 Å². The number of alkyl halides is 2. The van der Waals surface area contributed by atoms with Gasteiger partial charge in [0, 0.05) is 30.8 Å². The molecule has 1 aromatic carbocycles. The Morgan fingerprint density at radius 3 is 2.41 bits per heavy atom. The number of rotatable bonds is 10. The number of unbranched alkanes of at least 4 members (excludes halogenated alkanes) is 2. The van der Waals surface area contributed by atoms with Crippen molar-refractivity contribution >= 4 is 11.7 Å². The Bertz CT molecular complexity index is 774. The van der Waals surface area contributed by atoms with E-state index in [2.05, 4.69) is 16.6 Å². The molecule has 0 radical (unpaired) electrons. The van der Waals surface area contributed by atoms with Crippen LogP contribution >= 0.6 is 0 Å². The van der Waals surface area contributed by atoms with Gasteiger partial charge in [0.05, 0.1) is 6.10 Å². The van der Waals surface area contributed by atoms with Crippen LogP contribution in [-0.2, 0) is 10.7 Å². The molecule has 1 aliphatic rings. The number of hydroxylamine groups is 1. The molecular weight excluding hydrogens is 428 g/mol. The summed E-state index contributed by atoms with van der Waals surface area (Å²) in [7, 11) is 0. The van der Waals surface area contributed by atoms with Crippen molar-refractivity contribution in [2.45, 2.75) is 62.1 Å². The van der Waals surface area contributed by atoms with Crippen molar-refractivity contribution in [3.05, 3.63) is 29.8 Å². The minimum absolute atomic E-state index is 0.0742. The number of halogens is 2. The minimum Gasteiger partial charge on any atom is -0.388 e. The Labute approximate surface area is 184 Å². The first-order valence-corrected chi connectivity index (χ1v) is 10.3. The fourth-order valence-electron chi connectivity index (χ4n) is 3.37. The molecule has 1 heterocycles. The molecule has 2 amide bonds. The van der Waals surface area contributed by atoms with Gasteiger partial charge in [-0.25, -0.2) is 10.3 Å². The van der Waals surface area contributed by atoms with E-state index in [1.165, 1.54) is 12.1 Å². The van der Waals surface area contributed by atoms with Gasteiger partial charge in [-0.15, -0.1) is 12.3 Å². The molecule has 32 heavy (non-hydrogen) atoms. The molecule has 1 aromatic rings. The molecule has 178 valence electrons. The summed E-state index contributed by atoms with van der Waals surface area (Å²) >= 11 is 0. The highest BCUT2D eigenvalue weighted by atomic mass is 19.3. The third-order valence-electron chi connectivity index (χ3n) is 5.17. The number of hydrogen-bond acceptors (Lipinski definition) is 7. The van der Waals surface area contributed by atoms with Crippen LogP contribution in [0.1, 0.15) is 31.2 Å². The lowest BCUT2D eigenvalue weighted by atomic mass is 9.88. The molecule has 0 saturated carbocycles.